The van der Waals surface area contributed by atoms with E-state index in [1.54, 1.807) is 0 Å². The molecule has 3 N–H and O–H groups in total. The van der Waals surface area contributed by atoms with Crippen LogP contribution in [-0.4, -0.2) is 65.4 Å². The van der Waals surface area contributed by atoms with Crippen molar-refractivity contribution in [2.24, 2.45) is 5.92 Å². The normalized spacial score (nSPS) is 19.2. The van der Waals surface area contributed by atoms with Gasteiger partial charge in [-0.1, -0.05) is 67.8 Å². The van der Waals surface area contributed by atoms with E-state index in [0.717, 1.165) is 46.4 Å². The van der Waals surface area contributed by atoms with E-state index in [2.05, 4.69) is 29.6 Å². The van der Waals surface area contributed by atoms with Crippen molar-refractivity contribution in [2.75, 3.05) is 26.3 Å². The second kappa shape index (κ2) is 11.4. The van der Waals surface area contributed by atoms with E-state index >= 15 is 0 Å². The number of amides is 2. The van der Waals surface area contributed by atoms with Gasteiger partial charge in [-0.2, -0.15) is 0 Å². The van der Waals surface area contributed by atoms with Crippen LogP contribution in [0.1, 0.15) is 49.1 Å². The quantitative estimate of drug-likeness (QED) is 0.499. The molecule has 2 atom stereocenters. The van der Waals surface area contributed by atoms with Gasteiger partial charge in [0.1, 0.15) is 13.2 Å². The molecule has 8 heteroatoms. The monoisotopic (exact) mass is 480 g/mol. The lowest BCUT2D eigenvalue weighted by atomic mass is 9.93. The van der Waals surface area contributed by atoms with E-state index < -0.39 is 30.6 Å². The molecule has 0 aromatic heterocycles. The van der Waals surface area contributed by atoms with Gasteiger partial charge in [-0.25, -0.2) is 4.79 Å². The Bertz CT molecular complexity index is 1030. The highest BCUT2D eigenvalue weighted by Crippen LogP contribution is 2.44. The lowest BCUT2D eigenvalue weighted by Crippen LogP contribution is -2.49. The number of carbonyl (C=O) groups excluding carboxylic acids is 2. The number of hydrogen-bond donors (Lipinski definition) is 3. The number of aliphatic carboxylic acids is 1. The summed E-state index contributed by atoms with van der Waals surface area (Å²) in [6.07, 6.45) is 3.19. The number of hydrogen-bond acceptors (Lipinski definition) is 5. The van der Waals surface area contributed by atoms with Gasteiger partial charge in [0.15, 0.2) is 0 Å². The van der Waals surface area contributed by atoms with E-state index in [-0.39, 0.29) is 31.6 Å². The fourth-order valence-electron chi connectivity index (χ4n) is 5.35. The number of aliphatic hydroxyl groups is 1. The number of carboxylic acids is 1. The van der Waals surface area contributed by atoms with Crippen LogP contribution in [0.2, 0.25) is 0 Å². The maximum atomic E-state index is 13.2. The van der Waals surface area contributed by atoms with Crippen molar-refractivity contribution in [2.45, 2.75) is 44.1 Å². The number of benzene rings is 2. The summed E-state index contributed by atoms with van der Waals surface area (Å²) < 4.78 is 5.67. The molecule has 2 aliphatic rings. The number of carbonyl (C=O) groups is 3. The van der Waals surface area contributed by atoms with Gasteiger partial charge in [-0.05, 0) is 35.1 Å². The Morgan fingerprint density at radius 1 is 0.943 bits per heavy atom. The molecule has 0 unspecified atom stereocenters. The Labute approximate surface area is 204 Å². The van der Waals surface area contributed by atoms with Crippen molar-refractivity contribution in [3.05, 3.63) is 59.7 Å². The molecule has 0 heterocycles. The van der Waals surface area contributed by atoms with Gasteiger partial charge < -0.3 is 25.2 Å². The summed E-state index contributed by atoms with van der Waals surface area (Å²) in [6.45, 7) is -0.677. The summed E-state index contributed by atoms with van der Waals surface area (Å²) in [5.74, 6) is -2.10. The first kappa shape index (κ1) is 24.7. The number of ether oxygens (including phenoxy) is 1. The average molecular weight is 481 g/mol. The Hall–Kier alpha value is -3.39. The van der Waals surface area contributed by atoms with Crippen molar-refractivity contribution in [1.82, 2.24) is 10.2 Å². The summed E-state index contributed by atoms with van der Waals surface area (Å²) in [6, 6.07) is 15.8. The Morgan fingerprint density at radius 3 is 2.20 bits per heavy atom. The molecule has 8 nitrogen and oxygen atoms in total. The second-order valence-electron chi connectivity index (χ2n) is 9.20. The number of aliphatic hydroxyl groups excluding tert-OH is 1. The third-order valence-corrected chi connectivity index (χ3v) is 6.99. The second-order valence-corrected chi connectivity index (χ2v) is 9.20. The predicted molar refractivity (Wildman–Crippen MR) is 130 cm³/mol. The van der Waals surface area contributed by atoms with Crippen LogP contribution in [0.25, 0.3) is 11.1 Å². The van der Waals surface area contributed by atoms with Crippen molar-refractivity contribution >= 4 is 18.0 Å². The van der Waals surface area contributed by atoms with Gasteiger partial charge in [-0.3, -0.25) is 9.59 Å². The molecule has 0 aliphatic heterocycles. The highest BCUT2D eigenvalue weighted by Gasteiger charge is 2.35. The fraction of sp³-hybridized carbons (Fsp3) is 0.444. The first-order valence-electron chi connectivity index (χ1n) is 12.2. The average Bonchev–Trinajstić information content (AvgIpc) is 2.98. The first-order chi connectivity index (χ1) is 17.0. The zero-order chi connectivity index (χ0) is 24.8. The molecule has 2 aromatic rings. The van der Waals surface area contributed by atoms with Gasteiger partial charge in [0.25, 0.3) is 0 Å². The van der Waals surface area contributed by atoms with Crippen molar-refractivity contribution in [1.29, 1.82) is 0 Å². The molecule has 0 bridgehead atoms. The van der Waals surface area contributed by atoms with Crippen molar-refractivity contribution in [3.63, 3.8) is 0 Å². The van der Waals surface area contributed by atoms with Crippen LogP contribution >= 0.6 is 0 Å². The fourth-order valence-corrected chi connectivity index (χ4v) is 5.35. The Kier molecular flexibility index (Phi) is 8.02. The van der Waals surface area contributed by atoms with Crippen LogP contribution in [0.3, 0.4) is 0 Å². The molecule has 2 amide bonds. The van der Waals surface area contributed by atoms with Gasteiger partial charge in [0.2, 0.25) is 5.91 Å². The van der Waals surface area contributed by atoms with E-state index in [1.165, 1.54) is 0 Å². The number of nitrogens with one attached hydrogen (secondary N) is 1. The summed E-state index contributed by atoms with van der Waals surface area (Å²) in [7, 11) is 0. The molecule has 2 aliphatic carbocycles. The van der Waals surface area contributed by atoms with E-state index in [4.69, 9.17) is 4.74 Å². The number of carboxylic acid groups (broad SMARTS) is 1. The summed E-state index contributed by atoms with van der Waals surface area (Å²) >= 11 is 0. The molecule has 1 fully saturated rings. The van der Waals surface area contributed by atoms with Crippen LogP contribution in [0.15, 0.2) is 48.5 Å². The smallest absolute Gasteiger partial charge is 0.407 e. The van der Waals surface area contributed by atoms with E-state index in [1.807, 2.05) is 24.3 Å². The third-order valence-electron chi connectivity index (χ3n) is 6.99. The maximum absolute atomic E-state index is 13.2. The summed E-state index contributed by atoms with van der Waals surface area (Å²) in [5, 5.41) is 21.4. The molecule has 4 rings (SSSR count). The lowest BCUT2D eigenvalue weighted by molar-refractivity contribution is -0.147. The van der Waals surface area contributed by atoms with Crippen LogP contribution in [-0.2, 0) is 14.3 Å². The third kappa shape index (κ3) is 5.65. The zero-order valence-corrected chi connectivity index (χ0v) is 19.7. The Morgan fingerprint density at radius 2 is 1.57 bits per heavy atom. The SMILES string of the molecule is O=C(O)CN(CCO)C(=O)[C@H]1CCCCC[C@H]1NC(=O)OCC1c2ccccc2-c2ccccc21. The standard InChI is InChI=1S/C27H32N2O6/c30-15-14-29(16-25(31)32)26(33)22-12-2-1-3-13-24(22)28-27(34)35-17-23-20-10-6-4-8-18(20)19-9-5-7-11-21(19)23/h4-11,22-24,30H,1-3,12-17H2,(H,28,34)(H,31,32)/t22-,24+/m0/s1. The van der Waals surface area contributed by atoms with Gasteiger partial charge >= 0.3 is 12.1 Å². The minimum atomic E-state index is -1.14. The highest BCUT2D eigenvalue weighted by atomic mass is 16.5. The lowest BCUT2D eigenvalue weighted by Gasteiger charge is -2.30. The van der Waals surface area contributed by atoms with Gasteiger partial charge in [0, 0.05) is 18.5 Å². The van der Waals surface area contributed by atoms with E-state index in [9.17, 15) is 24.6 Å². The van der Waals surface area contributed by atoms with Crippen LogP contribution in [0.4, 0.5) is 4.79 Å². The summed E-state index contributed by atoms with van der Waals surface area (Å²) in [4.78, 5) is 38.4. The van der Waals surface area contributed by atoms with E-state index in [0.29, 0.717) is 12.8 Å². The Balaban J connectivity index is 1.43. The summed E-state index contributed by atoms with van der Waals surface area (Å²) in [5.41, 5.74) is 4.54. The van der Waals surface area contributed by atoms with Crippen molar-refractivity contribution in [3.8, 4) is 11.1 Å². The molecule has 1 saturated carbocycles. The van der Waals surface area contributed by atoms with Crippen LogP contribution in [0.5, 0.6) is 0 Å². The van der Waals surface area contributed by atoms with Gasteiger partial charge in [-0.15, -0.1) is 0 Å². The molecule has 35 heavy (non-hydrogen) atoms. The van der Waals surface area contributed by atoms with Gasteiger partial charge in [0.05, 0.1) is 12.5 Å². The van der Waals surface area contributed by atoms with Crippen LogP contribution < -0.4 is 5.32 Å². The number of fused-ring (bicyclic) bond motifs is 3. The molecular weight excluding hydrogens is 448 g/mol. The molecule has 2 aromatic carbocycles. The molecule has 0 radical (unpaired) electrons. The molecular formula is C27H32N2O6. The number of nitrogens with zero attached hydrogens (tertiary/aromatic N) is 1. The minimum Gasteiger partial charge on any atom is -0.480 e. The van der Waals surface area contributed by atoms with Crippen LogP contribution in [0, 0.1) is 5.92 Å². The minimum absolute atomic E-state index is 0.0563. The highest BCUT2D eigenvalue weighted by molar-refractivity contribution is 5.84. The maximum Gasteiger partial charge on any atom is 0.407 e. The molecule has 0 saturated heterocycles. The number of alkyl carbamates (subject to hydrolysis) is 1. The zero-order valence-electron chi connectivity index (χ0n) is 19.7. The topological polar surface area (TPSA) is 116 Å². The molecule has 186 valence electrons. The largest absolute Gasteiger partial charge is 0.480 e. The molecule has 0 spiro atoms. The predicted octanol–water partition coefficient (Wildman–Crippen LogP) is 3.38. The first-order valence-corrected chi connectivity index (χ1v) is 12.2. The number of rotatable bonds is 8. The van der Waals surface area contributed by atoms with Crippen molar-refractivity contribution < 1.29 is 29.3 Å².